The maximum atomic E-state index is 12.2. The van der Waals surface area contributed by atoms with E-state index >= 15 is 0 Å². The number of amides is 3. The highest BCUT2D eigenvalue weighted by Gasteiger charge is 2.21. The average molecular weight is 464 g/mol. The third-order valence-corrected chi connectivity index (χ3v) is 4.75. The monoisotopic (exact) mass is 463 g/mol. The molecule has 0 bridgehead atoms. The zero-order valence-corrected chi connectivity index (χ0v) is 18.3. The van der Waals surface area contributed by atoms with Gasteiger partial charge in [0.1, 0.15) is 18.4 Å². The van der Waals surface area contributed by atoms with Crippen molar-refractivity contribution in [1.82, 2.24) is 10.6 Å². The van der Waals surface area contributed by atoms with Crippen LogP contribution < -0.4 is 21.1 Å². The molecule has 2 rings (SSSR count). The number of benzene rings is 2. The Morgan fingerprint density at radius 3 is 2.47 bits per heavy atom. The van der Waals surface area contributed by atoms with E-state index in [2.05, 4.69) is 10.6 Å². The lowest BCUT2D eigenvalue weighted by molar-refractivity contribution is -0.128. The summed E-state index contributed by atoms with van der Waals surface area (Å²) < 4.78 is 10.1. The van der Waals surface area contributed by atoms with E-state index in [0.717, 1.165) is 5.56 Å². The van der Waals surface area contributed by atoms with E-state index in [1.807, 2.05) is 30.3 Å². The van der Waals surface area contributed by atoms with Crippen LogP contribution in [0.25, 0.3) is 0 Å². The molecule has 10 heteroatoms. The molecule has 0 saturated heterocycles. The number of carbonyl (C=O) groups excluding carboxylic acids is 3. The molecule has 2 aromatic rings. The summed E-state index contributed by atoms with van der Waals surface area (Å²) in [7, 11) is 1.48. The number of alkyl carbamates (subject to hydrolysis) is 1. The van der Waals surface area contributed by atoms with Crippen LogP contribution in [-0.4, -0.2) is 48.8 Å². The number of hydrogen-bond donors (Lipinski definition) is 4. The van der Waals surface area contributed by atoms with Crippen molar-refractivity contribution < 1.29 is 29.0 Å². The SMILES string of the molecule is COc1ccc(C[C@@H](NC(=O)C[C@H](O)CNC(=O)OCc2ccccc2)C(N)=O)cc1Cl. The molecule has 3 amide bonds. The molecule has 0 aliphatic rings. The summed E-state index contributed by atoms with van der Waals surface area (Å²) in [6.07, 6.45) is -2.13. The van der Waals surface area contributed by atoms with Crippen molar-refractivity contribution in [3.8, 4) is 5.75 Å². The second-order valence-corrected chi connectivity index (χ2v) is 7.40. The number of ether oxygens (including phenoxy) is 2. The molecule has 5 N–H and O–H groups in total. The van der Waals surface area contributed by atoms with Gasteiger partial charge in [0.2, 0.25) is 11.8 Å². The molecule has 0 heterocycles. The van der Waals surface area contributed by atoms with Gasteiger partial charge in [-0.05, 0) is 23.3 Å². The number of nitrogens with one attached hydrogen (secondary N) is 2. The van der Waals surface area contributed by atoms with Gasteiger partial charge in [-0.2, -0.15) is 0 Å². The first-order valence-electron chi connectivity index (χ1n) is 9.82. The second kappa shape index (κ2) is 12.5. The predicted octanol–water partition coefficient (Wildman–Crippen LogP) is 1.54. The minimum Gasteiger partial charge on any atom is -0.495 e. The molecule has 0 radical (unpaired) electrons. The van der Waals surface area contributed by atoms with Gasteiger partial charge in [0.15, 0.2) is 0 Å². The molecule has 2 aromatic carbocycles. The molecule has 9 nitrogen and oxygen atoms in total. The molecule has 0 spiro atoms. The van der Waals surface area contributed by atoms with Crippen molar-refractivity contribution in [2.24, 2.45) is 5.73 Å². The zero-order chi connectivity index (χ0) is 23.5. The quantitative estimate of drug-likeness (QED) is 0.398. The Balaban J connectivity index is 1.77. The highest BCUT2D eigenvalue weighted by Crippen LogP contribution is 2.25. The second-order valence-electron chi connectivity index (χ2n) is 7.00. The lowest BCUT2D eigenvalue weighted by Gasteiger charge is -2.18. The van der Waals surface area contributed by atoms with Crippen LogP contribution in [0.2, 0.25) is 5.02 Å². The number of rotatable bonds is 11. The summed E-state index contributed by atoms with van der Waals surface area (Å²) in [5, 5.41) is 15.2. The lowest BCUT2D eigenvalue weighted by atomic mass is 10.0. The molecule has 0 aliphatic heterocycles. The predicted molar refractivity (Wildman–Crippen MR) is 118 cm³/mol. The Kier molecular flexibility index (Phi) is 9.77. The molecule has 0 unspecified atom stereocenters. The Labute approximate surface area is 190 Å². The van der Waals surface area contributed by atoms with Gasteiger partial charge in [-0.1, -0.05) is 48.0 Å². The third kappa shape index (κ3) is 8.44. The van der Waals surface area contributed by atoms with E-state index in [9.17, 15) is 19.5 Å². The van der Waals surface area contributed by atoms with E-state index in [4.69, 9.17) is 26.8 Å². The van der Waals surface area contributed by atoms with Gasteiger partial charge in [-0.3, -0.25) is 9.59 Å². The van der Waals surface area contributed by atoms with E-state index < -0.39 is 30.1 Å². The first kappa shape index (κ1) is 25.0. The molecule has 2 atom stereocenters. The van der Waals surface area contributed by atoms with Gasteiger partial charge in [-0.25, -0.2) is 4.79 Å². The smallest absolute Gasteiger partial charge is 0.407 e. The normalized spacial score (nSPS) is 12.3. The van der Waals surface area contributed by atoms with Crippen LogP contribution in [0, 0.1) is 0 Å². The fourth-order valence-electron chi connectivity index (χ4n) is 2.81. The summed E-state index contributed by atoms with van der Waals surface area (Å²) in [5.74, 6) is -0.851. The van der Waals surface area contributed by atoms with Gasteiger partial charge in [-0.15, -0.1) is 0 Å². The maximum Gasteiger partial charge on any atom is 0.407 e. The number of nitrogens with two attached hydrogens (primary N) is 1. The highest BCUT2D eigenvalue weighted by atomic mass is 35.5. The Hall–Kier alpha value is -3.30. The van der Waals surface area contributed by atoms with Gasteiger partial charge in [0.25, 0.3) is 0 Å². The number of aliphatic hydroxyl groups is 1. The van der Waals surface area contributed by atoms with Crippen LogP contribution in [0.15, 0.2) is 48.5 Å². The van der Waals surface area contributed by atoms with Gasteiger partial charge < -0.3 is 30.9 Å². The number of hydrogen-bond acceptors (Lipinski definition) is 6. The molecule has 32 heavy (non-hydrogen) atoms. The number of carbonyl (C=O) groups is 3. The minimum atomic E-state index is -1.18. The summed E-state index contributed by atoms with van der Waals surface area (Å²) in [5.41, 5.74) is 6.88. The van der Waals surface area contributed by atoms with Crippen LogP contribution in [0.1, 0.15) is 17.5 Å². The van der Waals surface area contributed by atoms with Crippen molar-refractivity contribution in [1.29, 1.82) is 0 Å². The van der Waals surface area contributed by atoms with Gasteiger partial charge in [0.05, 0.1) is 24.7 Å². The number of aliphatic hydroxyl groups excluding tert-OH is 1. The topological polar surface area (TPSA) is 140 Å². The number of primary amides is 1. The molecule has 0 saturated carbocycles. The van der Waals surface area contributed by atoms with Gasteiger partial charge >= 0.3 is 6.09 Å². The molecule has 172 valence electrons. The number of halogens is 1. The largest absolute Gasteiger partial charge is 0.495 e. The van der Waals surface area contributed by atoms with E-state index in [-0.39, 0.29) is 26.0 Å². The van der Waals surface area contributed by atoms with Crippen LogP contribution in [-0.2, 0) is 27.4 Å². The average Bonchev–Trinajstić information content (AvgIpc) is 2.76. The van der Waals surface area contributed by atoms with Crippen molar-refractivity contribution in [3.63, 3.8) is 0 Å². The van der Waals surface area contributed by atoms with Crippen molar-refractivity contribution in [3.05, 3.63) is 64.7 Å². The van der Waals surface area contributed by atoms with Crippen LogP contribution in [0.3, 0.4) is 0 Å². The van der Waals surface area contributed by atoms with E-state index in [0.29, 0.717) is 16.3 Å². The zero-order valence-electron chi connectivity index (χ0n) is 17.5. The third-order valence-electron chi connectivity index (χ3n) is 4.45. The van der Waals surface area contributed by atoms with Crippen molar-refractivity contribution in [2.75, 3.05) is 13.7 Å². The lowest BCUT2D eigenvalue weighted by Crippen LogP contribution is -2.47. The fourth-order valence-corrected chi connectivity index (χ4v) is 3.09. The summed E-state index contributed by atoms with van der Waals surface area (Å²) in [6.45, 7) is -0.116. The Morgan fingerprint density at radius 2 is 1.84 bits per heavy atom. The molecule has 0 fully saturated rings. The van der Waals surface area contributed by atoms with Crippen molar-refractivity contribution in [2.45, 2.75) is 31.6 Å². The fraction of sp³-hybridized carbons (Fsp3) is 0.318. The highest BCUT2D eigenvalue weighted by molar-refractivity contribution is 6.32. The molecular formula is C22H26ClN3O6. The minimum absolute atomic E-state index is 0.0823. The first-order valence-corrected chi connectivity index (χ1v) is 10.2. The van der Waals surface area contributed by atoms with E-state index in [1.54, 1.807) is 18.2 Å². The number of methoxy groups -OCH3 is 1. The van der Waals surface area contributed by atoms with Crippen LogP contribution in [0.5, 0.6) is 5.75 Å². The Morgan fingerprint density at radius 1 is 1.12 bits per heavy atom. The van der Waals surface area contributed by atoms with Crippen LogP contribution >= 0.6 is 11.6 Å². The molecular weight excluding hydrogens is 438 g/mol. The van der Waals surface area contributed by atoms with Gasteiger partial charge in [0, 0.05) is 13.0 Å². The summed E-state index contributed by atoms with van der Waals surface area (Å²) in [6, 6.07) is 13.1. The molecule has 0 aromatic heterocycles. The van der Waals surface area contributed by atoms with Crippen LogP contribution in [0.4, 0.5) is 4.79 Å². The van der Waals surface area contributed by atoms with E-state index in [1.165, 1.54) is 7.11 Å². The molecule has 0 aliphatic carbocycles. The summed E-state index contributed by atoms with van der Waals surface area (Å²) >= 11 is 6.08. The maximum absolute atomic E-state index is 12.2. The summed E-state index contributed by atoms with van der Waals surface area (Å²) in [4.78, 5) is 35.7. The van der Waals surface area contributed by atoms with Crippen molar-refractivity contribution >= 4 is 29.5 Å². The Bertz CT molecular complexity index is 925. The first-order chi connectivity index (χ1) is 15.3. The standard InChI is InChI=1S/C22H26ClN3O6/c1-31-19-8-7-15(9-17(19)23)10-18(21(24)29)26-20(28)11-16(27)12-25-22(30)32-13-14-5-3-2-4-6-14/h2-9,16,18,27H,10-13H2,1H3,(H2,24,29)(H,25,30)(H,26,28)/t16-,18+/m0/s1.